The van der Waals surface area contributed by atoms with E-state index >= 15 is 0 Å². The Morgan fingerprint density at radius 3 is 2.44 bits per heavy atom. The Hall–Kier alpha value is -1.38. The van der Waals surface area contributed by atoms with Gasteiger partial charge in [-0.25, -0.2) is 0 Å². The van der Waals surface area contributed by atoms with Crippen LogP contribution in [0.3, 0.4) is 0 Å². The highest BCUT2D eigenvalue weighted by Crippen LogP contribution is 2.47. The number of benzene rings is 1. The Morgan fingerprint density at radius 2 is 1.88 bits per heavy atom. The Kier molecular flexibility index (Phi) is 2.70. The summed E-state index contributed by atoms with van der Waals surface area (Å²) in [6.45, 7) is 6.32. The fourth-order valence-corrected chi connectivity index (χ4v) is 2.36. The summed E-state index contributed by atoms with van der Waals surface area (Å²) in [5, 5.41) is 0. The molecule has 88 valence electrons. The number of hydrogen-bond donors (Lipinski definition) is 0. The maximum Gasteiger partial charge on any atom is 0.164 e. The minimum Gasteiger partial charge on any atom is -0.493 e. The summed E-state index contributed by atoms with van der Waals surface area (Å²) in [6.07, 6.45) is 0.213. The van der Waals surface area contributed by atoms with Crippen molar-refractivity contribution >= 4 is 0 Å². The molecule has 1 aromatic carbocycles. The van der Waals surface area contributed by atoms with E-state index in [2.05, 4.69) is 20.8 Å². The van der Waals surface area contributed by atoms with E-state index in [1.54, 1.807) is 14.2 Å². The van der Waals surface area contributed by atoms with Crippen molar-refractivity contribution in [2.24, 2.45) is 0 Å². The molecule has 0 aliphatic carbocycles. The fraction of sp³-hybridized carbons (Fsp3) is 0.538. The summed E-state index contributed by atoms with van der Waals surface area (Å²) in [7, 11) is 3.31. The van der Waals surface area contributed by atoms with E-state index < -0.39 is 0 Å². The average molecular weight is 222 g/mol. The minimum absolute atomic E-state index is 0.213. The van der Waals surface area contributed by atoms with Crippen molar-refractivity contribution in [2.45, 2.75) is 32.8 Å². The van der Waals surface area contributed by atoms with Crippen LogP contribution < -0.4 is 14.2 Å². The molecule has 16 heavy (non-hydrogen) atoms. The van der Waals surface area contributed by atoms with Gasteiger partial charge in [-0.3, -0.25) is 0 Å². The number of ether oxygens (including phenoxy) is 3. The van der Waals surface area contributed by atoms with Gasteiger partial charge in [0.15, 0.2) is 11.5 Å². The highest BCUT2D eigenvalue weighted by molar-refractivity contribution is 5.59. The molecule has 0 bridgehead atoms. The van der Waals surface area contributed by atoms with E-state index in [4.69, 9.17) is 14.2 Å². The first-order valence-electron chi connectivity index (χ1n) is 5.52. The first-order chi connectivity index (χ1) is 7.60. The molecule has 2 atom stereocenters. The molecule has 0 saturated carbocycles. The number of methoxy groups -OCH3 is 2. The zero-order valence-corrected chi connectivity index (χ0v) is 10.5. The predicted octanol–water partition coefficient (Wildman–Crippen LogP) is 2.90. The van der Waals surface area contributed by atoms with E-state index in [0.29, 0.717) is 5.92 Å². The monoisotopic (exact) mass is 222 g/mol. The van der Waals surface area contributed by atoms with E-state index in [1.165, 1.54) is 5.56 Å². The van der Waals surface area contributed by atoms with Gasteiger partial charge in [0.1, 0.15) is 11.9 Å². The van der Waals surface area contributed by atoms with Crippen molar-refractivity contribution in [1.82, 2.24) is 0 Å². The van der Waals surface area contributed by atoms with Gasteiger partial charge >= 0.3 is 0 Å². The third-order valence-electron chi connectivity index (χ3n) is 3.39. The van der Waals surface area contributed by atoms with Crippen LogP contribution in [0.5, 0.6) is 17.2 Å². The van der Waals surface area contributed by atoms with Gasteiger partial charge < -0.3 is 14.2 Å². The van der Waals surface area contributed by atoms with Crippen molar-refractivity contribution in [3.05, 3.63) is 17.2 Å². The van der Waals surface area contributed by atoms with Gasteiger partial charge in [0, 0.05) is 23.1 Å². The lowest BCUT2D eigenvalue weighted by atomic mass is 9.93. The van der Waals surface area contributed by atoms with Crippen LogP contribution in [-0.4, -0.2) is 20.3 Å². The number of rotatable bonds is 2. The topological polar surface area (TPSA) is 27.7 Å². The standard InChI is InChI=1S/C13H18O3/c1-7-9(3)16-10-6-11(14-4)13(15-5)8(2)12(7)10/h6-7,9H,1-5H3/t7?,9-/m0/s1. The highest BCUT2D eigenvalue weighted by atomic mass is 16.5. The van der Waals surface area contributed by atoms with Crippen LogP contribution in [0.25, 0.3) is 0 Å². The molecule has 0 N–H and O–H groups in total. The number of hydrogen-bond acceptors (Lipinski definition) is 3. The highest BCUT2D eigenvalue weighted by Gasteiger charge is 2.32. The third kappa shape index (κ3) is 1.42. The molecule has 0 amide bonds. The summed E-state index contributed by atoms with van der Waals surface area (Å²) in [4.78, 5) is 0. The lowest BCUT2D eigenvalue weighted by molar-refractivity contribution is 0.232. The summed E-state index contributed by atoms with van der Waals surface area (Å²) in [5.41, 5.74) is 2.36. The van der Waals surface area contributed by atoms with Gasteiger partial charge in [0.25, 0.3) is 0 Å². The first kappa shape index (κ1) is 11.1. The van der Waals surface area contributed by atoms with Crippen LogP contribution in [0.15, 0.2) is 6.07 Å². The molecule has 0 fully saturated rings. The van der Waals surface area contributed by atoms with Crippen LogP contribution in [0.1, 0.15) is 30.9 Å². The Bertz CT molecular complexity index is 412. The van der Waals surface area contributed by atoms with Crippen LogP contribution >= 0.6 is 0 Å². The second-order valence-corrected chi connectivity index (χ2v) is 4.26. The molecule has 0 saturated heterocycles. The second kappa shape index (κ2) is 3.89. The summed E-state index contributed by atoms with van der Waals surface area (Å²) >= 11 is 0. The van der Waals surface area contributed by atoms with Crippen LogP contribution in [0, 0.1) is 6.92 Å². The van der Waals surface area contributed by atoms with Crippen LogP contribution in [0.4, 0.5) is 0 Å². The molecule has 0 aromatic heterocycles. The molecular formula is C13H18O3. The van der Waals surface area contributed by atoms with E-state index in [1.807, 2.05) is 6.07 Å². The van der Waals surface area contributed by atoms with E-state index in [9.17, 15) is 0 Å². The molecule has 3 nitrogen and oxygen atoms in total. The normalized spacial score (nSPS) is 22.6. The van der Waals surface area contributed by atoms with Crippen molar-refractivity contribution in [3.8, 4) is 17.2 Å². The fourth-order valence-electron chi connectivity index (χ4n) is 2.36. The predicted molar refractivity (Wildman–Crippen MR) is 62.8 cm³/mol. The summed E-state index contributed by atoms with van der Waals surface area (Å²) in [6, 6.07) is 1.92. The quantitative estimate of drug-likeness (QED) is 0.770. The molecule has 1 aromatic rings. The lowest BCUT2D eigenvalue weighted by Gasteiger charge is -2.14. The minimum atomic E-state index is 0.213. The molecule has 1 aliphatic heterocycles. The van der Waals surface area contributed by atoms with Crippen molar-refractivity contribution in [3.63, 3.8) is 0 Å². The van der Waals surface area contributed by atoms with Crippen LogP contribution in [0.2, 0.25) is 0 Å². The largest absolute Gasteiger partial charge is 0.493 e. The van der Waals surface area contributed by atoms with Crippen molar-refractivity contribution in [2.75, 3.05) is 14.2 Å². The zero-order valence-electron chi connectivity index (χ0n) is 10.5. The maximum atomic E-state index is 5.81. The zero-order chi connectivity index (χ0) is 11.9. The maximum absolute atomic E-state index is 5.81. The molecule has 0 spiro atoms. The van der Waals surface area contributed by atoms with Crippen molar-refractivity contribution < 1.29 is 14.2 Å². The SMILES string of the molecule is COc1cc2c(c(C)c1OC)C(C)[C@H](C)O2. The van der Waals surface area contributed by atoms with Crippen LogP contribution in [-0.2, 0) is 0 Å². The van der Waals surface area contributed by atoms with Gasteiger partial charge in [-0.1, -0.05) is 6.92 Å². The van der Waals surface area contributed by atoms with E-state index in [0.717, 1.165) is 22.8 Å². The molecule has 1 aliphatic rings. The average Bonchev–Trinajstić information content (AvgIpc) is 2.54. The second-order valence-electron chi connectivity index (χ2n) is 4.26. The van der Waals surface area contributed by atoms with Crippen molar-refractivity contribution in [1.29, 1.82) is 0 Å². The van der Waals surface area contributed by atoms with Gasteiger partial charge in [-0.2, -0.15) is 0 Å². The van der Waals surface area contributed by atoms with E-state index in [-0.39, 0.29) is 6.10 Å². The molecule has 1 heterocycles. The molecule has 0 radical (unpaired) electrons. The molecular weight excluding hydrogens is 204 g/mol. The molecule has 1 unspecified atom stereocenters. The molecule has 3 heteroatoms. The lowest BCUT2D eigenvalue weighted by Crippen LogP contribution is -2.10. The number of fused-ring (bicyclic) bond motifs is 1. The summed E-state index contributed by atoms with van der Waals surface area (Å²) in [5.74, 6) is 2.87. The van der Waals surface area contributed by atoms with Gasteiger partial charge in [0.05, 0.1) is 14.2 Å². The Morgan fingerprint density at radius 1 is 1.19 bits per heavy atom. The third-order valence-corrected chi connectivity index (χ3v) is 3.39. The summed E-state index contributed by atoms with van der Waals surface area (Å²) < 4.78 is 16.5. The van der Waals surface area contributed by atoms with Gasteiger partial charge in [-0.15, -0.1) is 0 Å². The smallest absolute Gasteiger partial charge is 0.164 e. The first-order valence-corrected chi connectivity index (χ1v) is 5.52. The molecule has 2 rings (SSSR count). The Balaban J connectivity index is 2.61. The van der Waals surface area contributed by atoms with Gasteiger partial charge in [0.2, 0.25) is 0 Å². The van der Waals surface area contributed by atoms with Gasteiger partial charge in [-0.05, 0) is 13.8 Å². The Labute approximate surface area is 96.3 Å².